The van der Waals surface area contributed by atoms with Gasteiger partial charge in [0.15, 0.2) is 0 Å². The predicted octanol–water partition coefficient (Wildman–Crippen LogP) is 2.71. The first-order chi connectivity index (χ1) is 9.85. The lowest BCUT2D eigenvalue weighted by Gasteiger charge is -2.39. The Kier molecular flexibility index (Phi) is 4.49. The highest BCUT2D eigenvalue weighted by molar-refractivity contribution is 5.78. The molecule has 5 heteroatoms. The van der Waals surface area contributed by atoms with Crippen LogP contribution in [0.25, 0.3) is 0 Å². The van der Waals surface area contributed by atoms with Crippen LogP contribution in [0.15, 0.2) is 0 Å². The topological polar surface area (TPSA) is 69.6 Å². The van der Waals surface area contributed by atoms with Gasteiger partial charge in [0.2, 0.25) is 0 Å². The van der Waals surface area contributed by atoms with E-state index in [4.69, 9.17) is 0 Å². The molecule has 1 heterocycles. The van der Waals surface area contributed by atoms with Crippen LogP contribution < -0.4 is 5.32 Å². The summed E-state index contributed by atoms with van der Waals surface area (Å²) in [6.07, 6.45) is 4.36. The van der Waals surface area contributed by atoms with E-state index in [2.05, 4.69) is 19.2 Å². The molecule has 2 aliphatic rings. The Labute approximate surface area is 127 Å². The Morgan fingerprint density at radius 3 is 2.43 bits per heavy atom. The fraction of sp³-hybridized carbons (Fsp3) is 0.875. The van der Waals surface area contributed by atoms with Gasteiger partial charge in [-0.2, -0.15) is 0 Å². The van der Waals surface area contributed by atoms with Crippen molar-refractivity contribution in [1.29, 1.82) is 0 Å². The summed E-state index contributed by atoms with van der Waals surface area (Å²) in [5, 5.41) is 12.5. The van der Waals surface area contributed by atoms with Crippen LogP contribution >= 0.6 is 0 Å². The molecule has 5 nitrogen and oxygen atoms in total. The highest BCUT2D eigenvalue weighted by Crippen LogP contribution is 2.51. The first kappa shape index (κ1) is 16.1. The van der Waals surface area contributed by atoms with E-state index in [1.807, 2.05) is 6.92 Å². The van der Waals surface area contributed by atoms with Crippen molar-refractivity contribution in [2.24, 2.45) is 16.7 Å². The van der Waals surface area contributed by atoms with Crippen LogP contribution in [0.3, 0.4) is 0 Å². The molecule has 21 heavy (non-hydrogen) atoms. The van der Waals surface area contributed by atoms with E-state index < -0.39 is 11.4 Å². The quantitative estimate of drug-likeness (QED) is 0.819. The van der Waals surface area contributed by atoms with E-state index in [-0.39, 0.29) is 11.4 Å². The number of nitrogens with zero attached hydrogens (tertiary/aromatic N) is 1. The Hall–Kier alpha value is -1.26. The van der Waals surface area contributed by atoms with E-state index in [0.29, 0.717) is 38.4 Å². The van der Waals surface area contributed by atoms with Crippen LogP contribution in [-0.2, 0) is 4.79 Å². The second kappa shape index (κ2) is 5.85. The molecule has 1 unspecified atom stereocenters. The number of aliphatic carboxylic acids is 1. The molecule has 0 bridgehead atoms. The number of hydrogen-bond donors (Lipinski definition) is 2. The smallest absolute Gasteiger partial charge is 0.317 e. The molecule has 0 aromatic rings. The van der Waals surface area contributed by atoms with Crippen LogP contribution in [0.4, 0.5) is 4.79 Å². The summed E-state index contributed by atoms with van der Waals surface area (Å²) in [6.45, 7) is 8.01. The first-order valence-corrected chi connectivity index (χ1v) is 8.11. The summed E-state index contributed by atoms with van der Waals surface area (Å²) in [5.74, 6) is -0.198. The molecule has 2 amide bonds. The number of amides is 2. The van der Waals surface area contributed by atoms with Gasteiger partial charge in [-0.05, 0) is 43.4 Å². The van der Waals surface area contributed by atoms with E-state index >= 15 is 0 Å². The summed E-state index contributed by atoms with van der Waals surface area (Å²) < 4.78 is 0. The number of carboxylic acids is 1. The molecular formula is C16H28N2O3. The van der Waals surface area contributed by atoms with Crippen molar-refractivity contribution < 1.29 is 14.7 Å². The summed E-state index contributed by atoms with van der Waals surface area (Å²) in [5.41, 5.74) is -0.481. The van der Waals surface area contributed by atoms with Crippen molar-refractivity contribution in [3.05, 3.63) is 0 Å². The van der Waals surface area contributed by atoms with Crippen LogP contribution in [-0.4, -0.2) is 41.6 Å². The van der Waals surface area contributed by atoms with Gasteiger partial charge in [-0.15, -0.1) is 0 Å². The third kappa shape index (κ3) is 3.16. The summed E-state index contributed by atoms with van der Waals surface area (Å²) in [6, 6.07) is -0.0966. The number of carboxylic acid groups (broad SMARTS) is 1. The fourth-order valence-electron chi connectivity index (χ4n) is 3.40. The predicted molar refractivity (Wildman–Crippen MR) is 81.1 cm³/mol. The zero-order valence-electron chi connectivity index (χ0n) is 13.4. The Bertz CT molecular complexity index is 418. The number of carbonyl (C=O) groups excluding carboxylic acids is 1. The van der Waals surface area contributed by atoms with Crippen LogP contribution in [0.5, 0.6) is 0 Å². The maximum absolute atomic E-state index is 12.3. The molecule has 1 aliphatic carbocycles. The van der Waals surface area contributed by atoms with Crippen molar-refractivity contribution >= 4 is 12.0 Å². The van der Waals surface area contributed by atoms with Crippen LogP contribution in [0.2, 0.25) is 0 Å². The highest BCUT2D eigenvalue weighted by atomic mass is 16.4. The molecule has 2 rings (SSSR count). The molecule has 1 aliphatic heterocycles. The van der Waals surface area contributed by atoms with Gasteiger partial charge in [0.05, 0.1) is 5.41 Å². The minimum absolute atomic E-state index is 0.0966. The zero-order chi connectivity index (χ0) is 15.7. The SMILES string of the molecule is CCC1(C(=O)O)CCCN(C(=O)NCC2(C(C)C)CC2)C1. The summed E-state index contributed by atoms with van der Waals surface area (Å²) in [7, 11) is 0. The minimum Gasteiger partial charge on any atom is -0.481 e. The summed E-state index contributed by atoms with van der Waals surface area (Å²) >= 11 is 0. The van der Waals surface area contributed by atoms with Crippen molar-refractivity contribution in [1.82, 2.24) is 10.2 Å². The number of hydrogen-bond acceptors (Lipinski definition) is 2. The largest absolute Gasteiger partial charge is 0.481 e. The van der Waals surface area contributed by atoms with Gasteiger partial charge in [-0.25, -0.2) is 4.79 Å². The third-order valence-electron chi connectivity index (χ3n) is 5.70. The van der Waals surface area contributed by atoms with Crippen molar-refractivity contribution in [2.45, 2.75) is 52.9 Å². The normalized spacial score (nSPS) is 27.5. The Morgan fingerprint density at radius 2 is 1.95 bits per heavy atom. The fourth-order valence-corrected chi connectivity index (χ4v) is 3.40. The average Bonchev–Trinajstić information content (AvgIpc) is 3.25. The molecule has 2 N–H and O–H groups in total. The first-order valence-electron chi connectivity index (χ1n) is 8.11. The average molecular weight is 296 g/mol. The van der Waals surface area contributed by atoms with Gasteiger partial charge in [0.25, 0.3) is 0 Å². The van der Waals surface area contributed by atoms with Crippen molar-refractivity contribution in [3.63, 3.8) is 0 Å². The third-order valence-corrected chi connectivity index (χ3v) is 5.70. The number of urea groups is 1. The highest BCUT2D eigenvalue weighted by Gasteiger charge is 2.46. The van der Waals surface area contributed by atoms with Crippen LogP contribution in [0.1, 0.15) is 52.9 Å². The number of rotatable bonds is 5. The lowest BCUT2D eigenvalue weighted by atomic mass is 9.78. The van der Waals surface area contributed by atoms with Gasteiger partial charge >= 0.3 is 12.0 Å². The lowest BCUT2D eigenvalue weighted by Crippen LogP contribution is -2.53. The lowest BCUT2D eigenvalue weighted by molar-refractivity contribution is -0.152. The van der Waals surface area contributed by atoms with E-state index in [1.54, 1.807) is 4.90 Å². The van der Waals surface area contributed by atoms with Crippen LogP contribution in [0, 0.1) is 16.7 Å². The molecule has 1 saturated heterocycles. The molecule has 0 spiro atoms. The molecule has 120 valence electrons. The summed E-state index contributed by atoms with van der Waals surface area (Å²) in [4.78, 5) is 25.6. The minimum atomic E-state index is -0.775. The van der Waals surface area contributed by atoms with E-state index in [1.165, 1.54) is 12.8 Å². The zero-order valence-corrected chi connectivity index (χ0v) is 13.4. The Morgan fingerprint density at radius 1 is 1.29 bits per heavy atom. The molecular weight excluding hydrogens is 268 g/mol. The maximum Gasteiger partial charge on any atom is 0.317 e. The number of likely N-dealkylation sites (tertiary alicyclic amines) is 1. The van der Waals surface area contributed by atoms with Gasteiger partial charge in [0.1, 0.15) is 0 Å². The molecule has 0 radical (unpaired) electrons. The molecule has 0 aromatic heterocycles. The monoisotopic (exact) mass is 296 g/mol. The second-order valence-electron chi connectivity index (χ2n) is 7.14. The van der Waals surface area contributed by atoms with E-state index in [9.17, 15) is 14.7 Å². The molecule has 0 aromatic carbocycles. The molecule has 1 saturated carbocycles. The van der Waals surface area contributed by atoms with Gasteiger partial charge in [0, 0.05) is 19.6 Å². The standard InChI is InChI=1S/C16H28N2O3/c1-4-15(13(19)20)6-5-9-18(11-15)14(21)17-10-16(7-8-16)12(2)3/h12H,4-11H2,1-3H3,(H,17,21)(H,19,20). The van der Waals surface area contributed by atoms with Gasteiger partial charge in [-0.1, -0.05) is 20.8 Å². The van der Waals surface area contributed by atoms with Crippen molar-refractivity contribution in [2.75, 3.05) is 19.6 Å². The number of piperidine rings is 1. The van der Waals surface area contributed by atoms with Gasteiger partial charge < -0.3 is 15.3 Å². The maximum atomic E-state index is 12.3. The Balaban J connectivity index is 1.92. The number of nitrogens with one attached hydrogen (secondary N) is 1. The van der Waals surface area contributed by atoms with E-state index in [0.717, 1.165) is 6.42 Å². The number of carbonyl (C=O) groups is 2. The molecule has 1 atom stereocenters. The second-order valence-corrected chi connectivity index (χ2v) is 7.14. The van der Waals surface area contributed by atoms with Crippen molar-refractivity contribution in [3.8, 4) is 0 Å². The molecule has 2 fully saturated rings. The van der Waals surface area contributed by atoms with Gasteiger partial charge in [-0.3, -0.25) is 4.79 Å².